The van der Waals surface area contributed by atoms with E-state index in [-0.39, 0.29) is 62.1 Å². The van der Waals surface area contributed by atoms with Gasteiger partial charge in [0, 0.05) is 102 Å². The number of esters is 1. The van der Waals surface area contributed by atoms with E-state index in [1.807, 2.05) is 45.2 Å². The Morgan fingerprint density at radius 3 is 1.90 bits per heavy atom. The summed E-state index contributed by atoms with van der Waals surface area (Å²) in [5.41, 5.74) is 1.30. The van der Waals surface area contributed by atoms with Gasteiger partial charge in [-0.2, -0.15) is 0 Å². The molecule has 14 unspecified atom stereocenters. The lowest BCUT2D eigenvalue weighted by Crippen LogP contribution is -2.64. The Bertz CT molecular complexity index is 2780. The van der Waals surface area contributed by atoms with E-state index >= 15 is 0 Å². The molecule has 24 nitrogen and oxygen atoms in total. The van der Waals surface area contributed by atoms with E-state index in [9.17, 15) is 75.0 Å². The smallest absolute Gasteiger partial charge is 0.308 e. The molecule has 1 aromatic carbocycles. The number of anilines is 1. The molecule has 4 fully saturated rings. The molecule has 0 aromatic heterocycles. The van der Waals surface area contributed by atoms with Crippen molar-refractivity contribution in [1.82, 2.24) is 20.0 Å². The number of nitrogens with one attached hydrogen (secondary N) is 2. The molecule has 0 spiro atoms. The van der Waals surface area contributed by atoms with Crippen LogP contribution in [0.2, 0.25) is 0 Å². The summed E-state index contributed by atoms with van der Waals surface area (Å²) in [6, 6.07) is 5.72. The zero-order valence-electron chi connectivity index (χ0n) is 56.5. The van der Waals surface area contributed by atoms with Crippen LogP contribution in [-0.2, 0) is 38.1 Å². The fraction of sp³-hybridized carbons (Fsp3) is 0.653. The lowest BCUT2D eigenvalue weighted by Gasteiger charge is -2.47. The quantitative estimate of drug-likeness (QED) is 0.0883. The van der Waals surface area contributed by atoms with E-state index in [0.29, 0.717) is 44.7 Å². The van der Waals surface area contributed by atoms with Crippen molar-refractivity contribution in [1.29, 1.82) is 0 Å². The number of piperidine rings is 1. The molecule has 6 rings (SSSR count). The van der Waals surface area contributed by atoms with Gasteiger partial charge < -0.3 is 95.3 Å². The van der Waals surface area contributed by atoms with Crippen molar-refractivity contribution >= 4 is 35.0 Å². The molecule has 0 aliphatic carbocycles. The number of hydrogen-bond donors (Lipinski definition) is 12. The first-order valence-corrected chi connectivity index (χ1v) is 34.3. The number of ketones is 2. The number of ether oxygens (including phenoxy) is 4. The zero-order valence-corrected chi connectivity index (χ0v) is 56.5. The number of amides is 2. The van der Waals surface area contributed by atoms with Crippen LogP contribution in [0.25, 0.3) is 0 Å². The van der Waals surface area contributed by atoms with Crippen LogP contribution in [0.1, 0.15) is 134 Å². The normalized spacial score (nSPS) is 33.6. The first kappa shape index (κ1) is 79.3. The number of rotatable bonds is 15. The number of hydrogen-bond acceptors (Lipinski definition) is 22. The predicted molar refractivity (Wildman–Crippen MR) is 360 cm³/mol. The molecule has 24 heteroatoms. The fourth-order valence-electron chi connectivity index (χ4n) is 13.1. The van der Waals surface area contributed by atoms with Gasteiger partial charge in [0.1, 0.15) is 24.1 Å². The molecule has 0 radical (unpaired) electrons. The second-order valence-electron chi connectivity index (χ2n) is 26.9. The highest BCUT2D eigenvalue weighted by molar-refractivity contribution is 5.96. The van der Waals surface area contributed by atoms with Crippen LogP contribution >= 0.6 is 0 Å². The van der Waals surface area contributed by atoms with Crippen LogP contribution in [0, 0.1) is 17.8 Å². The Hall–Kier alpha value is -5.65. The minimum absolute atomic E-state index is 0.106. The second-order valence-corrected chi connectivity index (χ2v) is 26.9. The summed E-state index contributed by atoms with van der Waals surface area (Å²) in [4.78, 5) is 73.4. The summed E-state index contributed by atoms with van der Waals surface area (Å²) in [5, 5.41) is 119. The number of aliphatic hydroxyl groups excluding tert-OH is 9. The number of likely N-dealkylation sites (N-methyl/N-ethyl adjacent to an activating group) is 1. The highest BCUT2D eigenvalue weighted by Gasteiger charge is 2.52. The van der Waals surface area contributed by atoms with Gasteiger partial charge in [0.15, 0.2) is 17.9 Å². The van der Waals surface area contributed by atoms with Crippen LogP contribution in [0.4, 0.5) is 5.69 Å². The number of aliphatic hydroxyl groups is 10. The number of nitrogens with zero attached hydrogens (tertiary/aromatic N) is 3. The minimum atomic E-state index is -2.31. The standard InChI is InChI=1S/C72H109N5O19/c1-47-21-17-14-12-10-8-6-7-9-11-13-15-18-22-59(94-71-68(90)66(67(89)49(3)93-71)74-63(87)29-32-76-30-19-16-20-31-76)44-62-65(70(91)77-35-33-75(5)34-36-77)61(86)46-72(92,96-62)45-58(84)41-56(82)39-54(80)37-53(79)38-55(81)40-57(83)43-64(88)95-69(47)48(2)23-28-52(78)42-60(85)50-24-26-51(73-4)27-25-50/h6-15,17-18,21-22,24-27,47-49,52-54,56-59,61-62,65-69,71,73,78-80,82-84,86,89-90,92H,16,19-20,23,28-46H2,1-5H3,(H,74,87)/t47?,48?,49-,52?,53?,54?,56?,57?,58?,59?,61?,62?,65?,66+,67-,68+,69?,71+,72?/m1/s1. The highest BCUT2D eigenvalue weighted by atomic mass is 16.7. The molecule has 2 bridgehead atoms. The third-order valence-electron chi connectivity index (χ3n) is 18.6. The monoisotopic (exact) mass is 1350 g/mol. The maximum atomic E-state index is 14.6. The van der Waals surface area contributed by atoms with E-state index in [4.69, 9.17) is 18.9 Å². The number of allylic oxidation sites excluding steroid dienone is 12. The van der Waals surface area contributed by atoms with Gasteiger partial charge in [0.05, 0.1) is 79.4 Å². The molecule has 536 valence electrons. The van der Waals surface area contributed by atoms with Gasteiger partial charge in [-0.05, 0) is 102 Å². The van der Waals surface area contributed by atoms with Crippen molar-refractivity contribution in [2.45, 2.75) is 221 Å². The van der Waals surface area contributed by atoms with Crippen molar-refractivity contribution in [2.24, 2.45) is 17.8 Å². The summed E-state index contributed by atoms with van der Waals surface area (Å²) >= 11 is 0. The van der Waals surface area contributed by atoms with Crippen molar-refractivity contribution in [3.05, 3.63) is 115 Å². The Balaban J connectivity index is 1.22. The minimum Gasteiger partial charge on any atom is -0.461 e. The average Bonchev–Trinajstić information content (AvgIpc) is 0.779. The second kappa shape index (κ2) is 40.4. The van der Waals surface area contributed by atoms with Gasteiger partial charge in [0.25, 0.3) is 0 Å². The average molecular weight is 1350 g/mol. The van der Waals surface area contributed by atoms with Crippen LogP contribution in [0.15, 0.2) is 109 Å². The maximum Gasteiger partial charge on any atom is 0.308 e. The lowest BCUT2D eigenvalue weighted by atomic mass is 9.81. The number of piperazine rings is 1. The number of cyclic esters (lactones) is 1. The zero-order chi connectivity index (χ0) is 69.9. The third-order valence-corrected chi connectivity index (χ3v) is 18.6. The fourth-order valence-corrected chi connectivity index (χ4v) is 13.1. The Labute approximate surface area is 565 Å². The Morgan fingerprint density at radius 2 is 1.27 bits per heavy atom. The van der Waals surface area contributed by atoms with E-state index in [0.717, 1.165) is 38.0 Å². The maximum absolute atomic E-state index is 14.6. The summed E-state index contributed by atoms with van der Waals surface area (Å²) in [7, 11) is 3.69. The van der Waals surface area contributed by atoms with Gasteiger partial charge in [-0.3, -0.25) is 24.0 Å². The summed E-state index contributed by atoms with van der Waals surface area (Å²) in [6.07, 6.45) is 6.15. The van der Waals surface area contributed by atoms with Gasteiger partial charge in [-0.25, -0.2) is 0 Å². The lowest BCUT2D eigenvalue weighted by molar-refractivity contribution is -0.308. The number of fused-ring (bicyclic) bond motifs is 2. The van der Waals surface area contributed by atoms with E-state index < -0.39 is 160 Å². The first-order chi connectivity index (χ1) is 45.8. The first-order valence-electron chi connectivity index (χ1n) is 34.3. The molecule has 5 heterocycles. The summed E-state index contributed by atoms with van der Waals surface area (Å²) in [6.45, 7) is 9.35. The molecule has 96 heavy (non-hydrogen) atoms. The molecule has 19 atom stereocenters. The van der Waals surface area contributed by atoms with Crippen molar-refractivity contribution < 1.29 is 94.0 Å². The largest absolute Gasteiger partial charge is 0.461 e. The van der Waals surface area contributed by atoms with Crippen molar-refractivity contribution in [3.63, 3.8) is 0 Å². The van der Waals surface area contributed by atoms with Crippen LogP contribution in [-0.4, -0.2) is 252 Å². The van der Waals surface area contributed by atoms with Crippen LogP contribution in [0.3, 0.4) is 0 Å². The van der Waals surface area contributed by atoms with E-state index in [1.54, 1.807) is 104 Å². The number of likely N-dealkylation sites (tertiary alicyclic amines) is 1. The summed E-state index contributed by atoms with van der Waals surface area (Å²) in [5.74, 6) is -6.73. The Kier molecular flexibility index (Phi) is 33.4. The number of Topliss-reactive ketones (excluding diaryl/α,β-unsaturated/α-hetero) is 2. The topological polar surface area (TPSA) is 358 Å². The van der Waals surface area contributed by atoms with Crippen molar-refractivity contribution in [2.75, 3.05) is 65.2 Å². The number of carbonyl (C=O) groups excluding carboxylic acids is 5. The molecular formula is C72H109N5O19. The number of benzene rings is 1. The van der Waals surface area contributed by atoms with Gasteiger partial charge in [0.2, 0.25) is 11.8 Å². The van der Waals surface area contributed by atoms with E-state index in [2.05, 4.69) is 20.4 Å². The molecule has 5 aliphatic rings. The van der Waals surface area contributed by atoms with E-state index in [1.165, 1.54) is 0 Å². The van der Waals surface area contributed by atoms with Crippen LogP contribution in [0.5, 0.6) is 0 Å². The molecule has 4 saturated heterocycles. The van der Waals surface area contributed by atoms with Gasteiger partial charge in [-0.15, -0.1) is 0 Å². The van der Waals surface area contributed by atoms with Crippen LogP contribution < -0.4 is 10.6 Å². The van der Waals surface area contributed by atoms with Gasteiger partial charge >= 0.3 is 5.97 Å². The third kappa shape index (κ3) is 26.9. The Morgan fingerprint density at radius 1 is 0.688 bits per heavy atom. The van der Waals surface area contributed by atoms with Gasteiger partial charge in [-0.1, -0.05) is 105 Å². The highest BCUT2D eigenvalue weighted by Crippen LogP contribution is 2.39. The molecule has 2 amide bonds. The molecular weight excluding hydrogens is 1240 g/mol. The molecule has 5 aliphatic heterocycles. The SMILES string of the molecule is CNc1ccc(C(=O)CC(O)CCC(C)C2OC(=O)CC(O)CC(=O)CC(O)CC(O)CC(O)CC(O)CC3(O)CC(O)C(C(=O)N4CCN(C)CC4)C(CC(O[C@@H]4O[C@H](C)[C@@H](O)[C@H](NC(=O)CCN5CCCCC5)[C@@H]4O)C=CC=CC=CC=CC=CC=CC=CC2C)O3)cc1. The van der Waals surface area contributed by atoms with Crippen molar-refractivity contribution in [3.8, 4) is 0 Å². The molecule has 0 saturated carbocycles. The molecule has 1 aromatic rings. The summed E-state index contributed by atoms with van der Waals surface area (Å²) < 4.78 is 25.0. The predicted octanol–water partition coefficient (Wildman–Crippen LogP) is 3.47. The molecule has 12 N–H and O–H groups in total. The number of carbonyl (C=O) groups is 5.